The fourth-order valence-electron chi connectivity index (χ4n) is 1.19. The summed E-state index contributed by atoms with van der Waals surface area (Å²) < 4.78 is 6.49. The molecule has 0 unspecified atom stereocenters. The topological polar surface area (TPSA) is 38.5 Å². The summed E-state index contributed by atoms with van der Waals surface area (Å²) in [4.78, 5) is 3.61. The van der Waals surface area contributed by atoms with Gasteiger partial charge in [0.1, 0.15) is 0 Å². The van der Waals surface area contributed by atoms with Crippen molar-refractivity contribution in [3.8, 4) is 0 Å². The van der Waals surface area contributed by atoms with Crippen LogP contribution in [0.3, 0.4) is 0 Å². The molecule has 0 bridgehead atoms. The van der Waals surface area contributed by atoms with Gasteiger partial charge in [-0.25, -0.2) is 0 Å². The summed E-state index contributed by atoms with van der Waals surface area (Å²) in [7, 11) is 2.10. The van der Waals surface area contributed by atoms with E-state index < -0.39 is 0 Å². The molecule has 1 rings (SSSR count). The summed E-state index contributed by atoms with van der Waals surface area (Å²) in [5, 5.41) is 2.11. The Morgan fingerprint density at radius 3 is 2.93 bits per heavy atom. The number of ether oxygens (including phenoxy) is 1. The maximum absolute atomic E-state index is 5.33. The van der Waals surface area contributed by atoms with Crippen LogP contribution in [0.5, 0.6) is 0 Å². The van der Waals surface area contributed by atoms with Crippen LogP contribution in [-0.4, -0.2) is 38.3 Å². The zero-order valence-corrected chi connectivity index (χ0v) is 11.3. The number of rotatable bonds is 7. The molecule has 5 heteroatoms. The molecule has 0 spiro atoms. The molecule has 1 heterocycles. The van der Waals surface area contributed by atoms with Crippen LogP contribution in [0.25, 0.3) is 0 Å². The molecule has 0 atom stereocenters. The Morgan fingerprint density at radius 1 is 1.53 bits per heavy atom. The van der Waals surface area contributed by atoms with Crippen molar-refractivity contribution < 1.29 is 4.74 Å². The predicted molar refractivity (Wildman–Crippen MR) is 68.2 cm³/mol. The number of thiophene rings is 1. The highest BCUT2D eigenvalue weighted by atomic mass is 79.9. The van der Waals surface area contributed by atoms with Crippen molar-refractivity contribution in [3.63, 3.8) is 0 Å². The molecule has 15 heavy (non-hydrogen) atoms. The lowest BCUT2D eigenvalue weighted by molar-refractivity contribution is 0.116. The van der Waals surface area contributed by atoms with E-state index in [1.807, 2.05) is 0 Å². The molecule has 3 nitrogen and oxygen atoms in total. The Bertz CT molecular complexity index is 280. The Hall–Kier alpha value is 0.0600. The summed E-state index contributed by atoms with van der Waals surface area (Å²) in [5.41, 5.74) is 5.33. The average Bonchev–Trinajstić information content (AvgIpc) is 2.59. The molecule has 0 saturated heterocycles. The van der Waals surface area contributed by atoms with E-state index in [2.05, 4.69) is 39.3 Å². The first-order valence-electron chi connectivity index (χ1n) is 4.91. The van der Waals surface area contributed by atoms with Crippen LogP contribution >= 0.6 is 27.3 Å². The second kappa shape index (κ2) is 7.35. The summed E-state index contributed by atoms with van der Waals surface area (Å²) in [6.45, 7) is 3.91. The monoisotopic (exact) mass is 292 g/mol. The molecule has 0 aliphatic carbocycles. The highest BCUT2D eigenvalue weighted by Crippen LogP contribution is 2.20. The van der Waals surface area contributed by atoms with E-state index in [0.29, 0.717) is 13.2 Å². The van der Waals surface area contributed by atoms with Gasteiger partial charge in [0, 0.05) is 34.4 Å². The van der Waals surface area contributed by atoms with Gasteiger partial charge >= 0.3 is 0 Å². The Balaban J connectivity index is 2.15. The van der Waals surface area contributed by atoms with Gasteiger partial charge in [0.25, 0.3) is 0 Å². The SMILES string of the molecule is CN(CCOCCN)Cc1cc(Br)cs1. The molecule has 0 aliphatic heterocycles. The minimum absolute atomic E-state index is 0.599. The van der Waals surface area contributed by atoms with Gasteiger partial charge < -0.3 is 10.5 Å². The van der Waals surface area contributed by atoms with Gasteiger partial charge in [-0.3, -0.25) is 4.90 Å². The molecule has 0 fully saturated rings. The molecule has 0 amide bonds. The van der Waals surface area contributed by atoms with Gasteiger partial charge in [-0.15, -0.1) is 11.3 Å². The molecule has 0 aromatic carbocycles. The number of hydrogen-bond acceptors (Lipinski definition) is 4. The summed E-state index contributed by atoms with van der Waals surface area (Å²) in [5.74, 6) is 0. The average molecular weight is 293 g/mol. The second-order valence-electron chi connectivity index (χ2n) is 3.37. The largest absolute Gasteiger partial charge is 0.379 e. The minimum atomic E-state index is 0.599. The van der Waals surface area contributed by atoms with E-state index in [0.717, 1.165) is 24.2 Å². The molecule has 1 aromatic rings. The van der Waals surface area contributed by atoms with Crippen LogP contribution in [0, 0.1) is 0 Å². The fourth-order valence-corrected chi connectivity index (χ4v) is 2.72. The standard InChI is InChI=1S/C10H17BrN2OS/c1-13(3-5-14-4-2-12)7-10-6-9(11)8-15-10/h6,8H,2-5,7,12H2,1H3. The maximum Gasteiger partial charge on any atom is 0.0594 e. The van der Waals surface area contributed by atoms with Gasteiger partial charge in [-0.1, -0.05) is 0 Å². The zero-order valence-electron chi connectivity index (χ0n) is 8.91. The first kappa shape index (κ1) is 13.1. The van der Waals surface area contributed by atoms with Gasteiger partial charge in [0.15, 0.2) is 0 Å². The van der Waals surface area contributed by atoms with Gasteiger partial charge in [-0.05, 0) is 29.0 Å². The van der Waals surface area contributed by atoms with Crippen LogP contribution < -0.4 is 5.73 Å². The Labute approximate surface area is 103 Å². The third kappa shape index (κ3) is 5.63. The third-order valence-corrected chi connectivity index (χ3v) is 3.61. The number of likely N-dealkylation sites (N-methyl/N-ethyl adjacent to an activating group) is 1. The number of nitrogens with two attached hydrogens (primary N) is 1. The fraction of sp³-hybridized carbons (Fsp3) is 0.600. The molecule has 0 saturated carbocycles. The molecular weight excluding hydrogens is 276 g/mol. The molecule has 1 aromatic heterocycles. The molecule has 2 N–H and O–H groups in total. The van der Waals surface area contributed by atoms with E-state index in [-0.39, 0.29) is 0 Å². The van der Waals surface area contributed by atoms with Crippen molar-refractivity contribution in [2.24, 2.45) is 5.73 Å². The third-order valence-electron chi connectivity index (χ3n) is 1.93. The first-order chi connectivity index (χ1) is 7.22. The van der Waals surface area contributed by atoms with Crippen LogP contribution in [0.2, 0.25) is 0 Å². The lowest BCUT2D eigenvalue weighted by Gasteiger charge is -2.15. The molecule has 86 valence electrons. The van der Waals surface area contributed by atoms with Crippen molar-refractivity contribution >= 4 is 27.3 Å². The van der Waals surface area contributed by atoms with Crippen LogP contribution in [-0.2, 0) is 11.3 Å². The summed E-state index contributed by atoms with van der Waals surface area (Å²) >= 11 is 5.22. The number of halogens is 1. The summed E-state index contributed by atoms with van der Waals surface area (Å²) in [6.07, 6.45) is 0. The second-order valence-corrected chi connectivity index (χ2v) is 5.28. The van der Waals surface area contributed by atoms with Gasteiger partial charge in [0.05, 0.1) is 13.2 Å². The quantitative estimate of drug-likeness (QED) is 0.781. The number of nitrogens with zero attached hydrogens (tertiary/aromatic N) is 1. The maximum atomic E-state index is 5.33. The van der Waals surface area contributed by atoms with Crippen molar-refractivity contribution in [1.29, 1.82) is 0 Å². The lowest BCUT2D eigenvalue weighted by atomic mass is 10.4. The Kier molecular flexibility index (Phi) is 6.43. The van der Waals surface area contributed by atoms with E-state index in [4.69, 9.17) is 10.5 Å². The molecule has 0 aliphatic rings. The van der Waals surface area contributed by atoms with Crippen molar-refractivity contribution in [2.75, 3.05) is 33.4 Å². The number of hydrogen-bond donors (Lipinski definition) is 1. The van der Waals surface area contributed by atoms with Crippen LogP contribution in [0.15, 0.2) is 15.9 Å². The van der Waals surface area contributed by atoms with E-state index >= 15 is 0 Å². The zero-order chi connectivity index (χ0) is 11.1. The Morgan fingerprint density at radius 2 is 2.33 bits per heavy atom. The highest BCUT2D eigenvalue weighted by molar-refractivity contribution is 9.10. The van der Waals surface area contributed by atoms with E-state index in [1.165, 1.54) is 4.88 Å². The van der Waals surface area contributed by atoms with Crippen LogP contribution in [0.4, 0.5) is 0 Å². The predicted octanol–water partition coefficient (Wildman–Crippen LogP) is 1.92. The van der Waals surface area contributed by atoms with Crippen LogP contribution in [0.1, 0.15) is 4.88 Å². The van der Waals surface area contributed by atoms with E-state index in [1.54, 1.807) is 11.3 Å². The smallest absolute Gasteiger partial charge is 0.0594 e. The lowest BCUT2D eigenvalue weighted by Crippen LogP contribution is -2.23. The van der Waals surface area contributed by atoms with Crippen molar-refractivity contribution in [2.45, 2.75) is 6.54 Å². The van der Waals surface area contributed by atoms with Gasteiger partial charge in [0.2, 0.25) is 0 Å². The highest BCUT2D eigenvalue weighted by Gasteiger charge is 2.02. The van der Waals surface area contributed by atoms with Gasteiger partial charge in [-0.2, -0.15) is 0 Å². The molecule has 0 radical (unpaired) electrons. The normalized spacial score (nSPS) is 11.2. The van der Waals surface area contributed by atoms with Crippen molar-refractivity contribution in [1.82, 2.24) is 4.90 Å². The summed E-state index contributed by atoms with van der Waals surface area (Å²) in [6, 6.07) is 2.15. The molecular formula is C10H17BrN2OS. The minimum Gasteiger partial charge on any atom is -0.379 e. The van der Waals surface area contributed by atoms with Crippen molar-refractivity contribution in [3.05, 3.63) is 20.8 Å². The van der Waals surface area contributed by atoms with E-state index in [9.17, 15) is 0 Å². The first-order valence-corrected chi connectivity index (χ1v) is 6.59.